The van der Waals surface area contributed by atoms with Crippen molar-refractivity contribution in [3.8, 4) is 0 Å². The summed E-state index contributed by atoms with van der Waals surface area (Å²) in [7, 11) is 0. The summed E-state index contributed by atoms with van der Waals surface area (Å²) < 4.78 is 0. The van der Waals surface area contributed by atoms with Crippen molar-refractivity contribution >= 4 is 0 Å². The van der Waals surface area contributed by atoms with Gasteiger partial charge >= 0.3 is 0 Å². The second-order valence-electron chi connectivity index (χ2n) is 5.72. The quantitative estimate of drug-likeness (QED) is 0.320. The molecule has 1 unspecified atom stereocenters. The predicted molar refractivity (Wildman–Crippen MR) is 80.2 cm³/mol. The molecule has 0 fully saturated rings. The molecule has 0 aromatic rings. The molecule has 0 saturated carbocycles. The van der Waals surface area contributed by atoms with Crippen LogP contribution < -0.4 is 0 Å². The van der Waals surface area contributed by atoms with E-state index in [9.17, 15) is 0 Å². The molecule has 0 N–H and O–H groups in total. The van der Waals surface area contributed by atoms with Gasteiger partial charge in [0.1, 0.15) is 0 Å². The van der Waals surface area contributed by atoms with Crippen LogP contribution in [-0.2, 0) is 0 Å². The SMILES string of the molecule is [CH2]CCCCCCCCCCC(C)CCCC. The van der Waals surface area contributed by atoms with Crippen molar-refractivity contribution in [3.05, 3.63) is 6.92 Å². The highest BCUT2D eigenvalue weighted by Crippen LogP contribution is 2.17. The van der Waals surface area contributed by atoms with Gasteiger partial charge in [0.25, 0.3) is 0 Å². The van der Waals surface area contributed by atoms with Gasteiger partial charge in [-0.3, -0.25) is 0 Å². The summed E-state index contributed by atoms with van der Waals surface area (Å²) in [6.07, 6.45) is 18.3. The fourth-order valence-electron chi connectivity index (χ4n) is 2.43. The summed E-state index contributed by atoms with van der Waals surface area (Å²) in [5, 5.41) is 0. The van der Waals surface area contributed by atoms with Crippen molar-refractivity contribution in [1.82, 2.24) is 0 Å². The zero-order valence-corrected chi connectivity index (χ0v) is 12.5. The molecule has 0 saturated heterocycles. The lowest BCUT2D eigenvalue weighted by molar-refractivity contribution is 0.440. The monoisotopic (exact) mass is 239 g/mol. The van der Waals surface area contributed by atoms with Crippen molar-refractivity contribution < 1.29 is 0 Å². The smallest absolute Gasteiger partial charge is 0.0443 e. The minimum atomic E-state index is 0.965. The van der Waals surface area contributed by atoms with Crippen LogP contribution in [0.25, 0.3) is 0 Å². The highest BCUT2D eigenvalue weighted by atomic mass is 14.1. The van der Waals surface area contributed by atoms with Gasteiger partial charge in [0, 0.05) is 0 Å². The first-order valence-electron chi connectivity index (χ1n) is 8.10. The van der Waals surface area contributed by atoms with E-state index in [0.29, 0.717) is 0 Å². The fraction of sp³-hybridized carbons (Fsp3) is 0.941. The third-order valence-electron chi connectivity index (χ3n) is 3.75. The molecule has 0 aliphatic rings. The second-order valence-corrected chi connectivity index (χ2v) is 5.72. The van der Waals surface area contributed by atoms with E-state index < -0.39 is 0 Å². The molecule has 1 radical (unpaired) electrons. The van der Waals surface area contributed by atoms with Gasteiger partial charge in [0.2, 0.25) is 0 Å². The number of rotatable bonds is 13. The third kappa shape index (κ3) is 13.9. The number of unbranched alkanes of at least 4 members (excludes halogenated alkanes) is 9. The first-order valence-corrected chi connectivity index (χ1v) is 8.10. The summed E-state index contributed by atoms with van der Waals surface area (Å²) in [6, 6.07) is 0. The Morgan fingerprint density at radius 3 is 1.71 bits per heavy atom. The predicted octanol–water partition coefficient (Wildman–Crippen LogP) is 6.55. The average molecular weight is 239 g/mol. The Morgan fingerprint density at radius 2 is 1.18 bits per heavy atom. The molecule has 0 bridgehead atoms. The number of hydrogen-bond acceptors (Lipinski definition) is 0. The Kier molecular flexibility index (Phi) is 14.1. The topological polar surface area (TPSA) is 0 Å². The third-order valence-corrected chi connectivity index (χ3v) is 3.75. The molecule has 0 aromatic heterocycles. The molecule has 0 spiro atoms. The van der Waals surface area contributed by atoms with Gasteiger partial charge in [-0.05, 0) is 5.92 Å². The molecule has 0 heterocycles. The lowest BCUT2D eigenvalue weighted by Crippen LogP contribution is -1.94. The molecular formula is C17H35. The van der Waals surface area contributed by atoms with Crippen LogP contribution in [0.1, 0.15) is 97.3 Å². The van der Waals surface area contributed by atoms with Crippen LogP contribution in [0.2, 0.25) is 0 Å². The van der Waals surface area contributed by atoms with Crippen molar-refractivity contribution in [3.63, 3.8) is 0 Å². The minimum absolute atomic E-state index is 0.965. The van der Waals surface area contributed by atoms with Gasteiger partial charge < -0.3 is 0 Å². The Bertz CT molecular complexity index is 128. The van der Waals surface area contributed by atoms with Gasteiger partial charge in [-0.2, -0.15) is 0 Å². The molecule has 0 amide bonds. The van der Waals surface area contributed by atoms with E-state index >= 15 is 0 Å². The van der Waals surface area contributed by atoms with E-state index in [1.165, 1.54) is 77.0 Å². The van der Waals surface area contributed by atoms with Crippen molar-refractivity contribution in [2.45, 2.75) is 97.3 Å². The van der Waals surface area contributed by atoms with Crippen LogP contribution in [0, 0.1) is 12.8 Å². The zero-order valence-electron chi connectivity index (χ0n) is 12.5. The Labute approximate surface area is 111 Å². The molecule has 0 rings (SSSR count). The van der Waals surface area contributed by atoms with Gasteiger partial charge in [-0.15, -0.1) is 0 Å². The normalized spacial score (nSPS) is 12.9. The van der Waals surface area contributed by atoms with Gasteiger partial charge in [-0.1, -0.05) is 104 Å². The molecule has 0 heteroatoms. The molecule has 0 nitrogen and oxygen atoms in total. The lowest BCUT2D eigenvalue weighted by atomic mass is 9.97. The highest BCUT2D eigenvalue weighted by Gasteiger charge is 2.00. The Balaban J connectivity index is 3.02. The Morgan fingerprint density at radius 1 is 0.706 bits per heavy atom. The van der Waals surface area contributed by atoms with E-state index in [2.05, 4.69) is 20.8 Å². The first-order chi connectivity index (χ1) is 8.31. The molecular weight excluding hydrogens is 204 g/mol. The first kappa shape index (κ1) is 17.0. The largest absolute Gasteiger partial charge is 0.0654 e. The van der Waals surface area contributed by atoms with Crippen molar-refractivity contribution in [2.75, 3.05) is 0 Å². The highest BCUT2D eigenvalue weighted by molar-refractivity contribution is 4.54. The maximum Gasteiger partial charge on any atom is -0.0443 e. The van der Waals surface area contributed by atoms with Crippen LogP contribution in [0.4, 0.5) is 0 Å². The Hall–Kier alpha value is 0. The second kappa shape index (κ2) is 14.1. The summed E-state index contributed by atoms with van der Waals surface area (Å²) in [4.78, 5) is 0. The molecule has 1 atom stereocenters. The van der Waals surface area contributed by atoms with Crippen LogP contribution in [0.3, 0.4) is 0 Å². The van der Waals surface area contributed by atoms with Crippen molar-refractivity contribution in [1.29, 1.82) is 0 Å². The zero-order chi connectivity index (χ0) is 12.8. The van der Waals surface area contributed by atoms with Crippen molar-refractivity contribution in [2.24, 2.45) is 5.92 Å². The fourth-order valence-corrected chi connectivity index (χ4v) is 2.43. The van der Waals surface area contributed by atoms with Crippen LogP contribution >= 0.6 is 0 Å². The van der Waals surface area contributed by atoms with Gasteiger partial charge in [0.05, 0.1) is 0 Å². The molecule has 0 aromatic carbocycles. The summed E-state index contributed by atoms with van der Waals surface area (Å²) >= 11 is 0. The number of hydrogen-bond donors (Lipinski definition) is 0. The molecule has 103 valence electrons. The van der Waals surface area contributed by atoms with Gasteiger partial charge in [-0.25, -0.2) is 0 Å². The van der Waals surface area contributed by atoms with E-state index in [0.717, 1.165) is 12.3 Å². The maximum absolute atomic E-state index is 3.88. The molecule has 0 aliphatic carbocycles. The summed E-state index contributed by atoms with van der Waals surface area (Å²) in [6.45, 7) is 8.60. The van der Waals surface area contributed by atoms with E-state index in [-0.39, 0.29) is 0 Å². The van der Waals surface area contributed by atoms with Gasteiger partial charge in [0.15, 0.2) is 0 Å². The standard InChI is InChI=1S/C17H35/c1-4-6-8-9-10-11-12-13-14-16-17(3)15-7-5-2/h17H,1,4-16H2,2-3H3. The average Bonchev–Trinajstić information content (AvgIpc) is 2.34. The van der Waals surface area contributed by atoms with E-state index in [1.807, 2.05) is 0 Å². The minimum Gasteiger partial charge on any atom is -0.0654 e. The van der Waals surface area contributed by atoms with E-state index in [4.69, 9.17) is 0 Å². The maximum atomic E-state index is 3.88. The van der Waals surface area contributed by atoms with E-state index in [1.54, 1.807) is 0 Å². The van der Waals surface area contributed by atoms with Crippen LogP contribution in [-0.4, -0.2) is 0 Å². The summed E-state index contributed by atoms with van der Waals surface area (Å²) in [5.74, 6) is 0.965. The molecule has 0 aliphatic heterocycles. The van der Waals surface area contributed by atoms with Crippen LogP contribution in [0.15, 0.2) is 0 Å². The summed E-state index contributed by atoms with van der Waals surface area (Å²) in [5.41, 5.74) is 0. The van der Waals surface area contributed by atoms with Crippen LogP contribution in [0.5, 0.6) is 0 Å². The molecule has 17 heavy (non-hydrogen) atoms. The lowest BCUT2D eigenvalue weighted by Gasteiger charge is -2.10.